The van der Waals surface area contributed by atoms with E-state index in [4.69, 9.17) is 9.84 Å². The number of hydrogen-bond donors (Lipinski definition) is 2. The quantitative estimate of drug-likeness (QED) is 0.604. The topological polar surface area (TPSA) is 95.9 Å². The van der Waals surface area contributed by atoms with Crippen molar-refractivity contribution in [2.75, 3.05) is 32.8 Å². The molecule has 7 nitrogen and oxygen atoms in total. The van der Waals surface area contributed by atoms with Gasteiger partial charge in [-0.2, -0.15) is 0 Å². The third kappa shape index (κ3) is 8.57. The van der Waals surface area contributed by atoms with E-state index < -0.39 is 12.6 Å². The van der Waals surface area contributed by atoms with Crippen LogP contribution in [0.1, 0.15) is 12.5 Å². The zero-order valence-electron chi connectivity index (χ0n) is 13.2. The highest BCUT2D eigenvalue weighted by Gasteiger charge is 2.13. The molecule has 0 heterocycles. The summed E-state index contributed by atoms with van der Waals surface area (Å²) in [5.41, 5.74) is 1.10. The van der Waals surface area contributed by atoms with E-state index in [1.165, 1.54) is 11.8 Å². The Bertz CT molecular complexity index is 518. The van der Waals surface area contributed by atoms with Gasteiger partial charge in [-0.05, 0) is 12.0 Å². The maximum atomic E-state index is 11.8. The predicted octanol–water partition coefficient (Wildman–Crippen LogP) is 0.295. The third-order valence-electron chi connectivity index (χ3n) is 3.09. The molecule has 7 heteroatoms. The molecule has 0 aliphatic carbocycles. The van der Waals surface area contributed by atoms with Crippen molar-refractivity contribution in [1.29, 1.82) is 0 Å². The second-order valence-electron chi connectivity index (χ2n) is 4.97. The van der Waals surface area contributed by atoms with Gasteiger partial charge in [0, 0.05) is 20.0 Å². The Morgan fingerprint density at radius 2 is 1.91 bits per heavy atom. The highest BCUT2D eigenvalue weighted by atomic mass is 16.5. The molecular formula is C16H22N2O5. The van der Waals surface area contributed by atoms with Crippen LogP contribution in [0.15, 0.2) is 30.3 Å². The van der Waals surface area contributed by atoms with Gasteiger partial charge >= 0.3 is 5.97 Å². The average Bonchev–Trinajstić information content (AvgIpc) is 2.51. The summed E-state index contributed by atoms with van der Waals surface area (Å²) < 4.78 is 4.81. The predicted molar refractivity (Wildman–Crippen MR) is 83.9 cm³/mol. The molecular weight excluding hydrogens is 300 g/mol. The molecule has 0 unspecified atom stereocenters. The summed E-state index contributed by atoms with van der Waals surface area (Å²) in [6, 6.07) is 9.72. The number of rotatable bonds is 10. The lowest BCUT2D eigenvalue weighted by atomic mass is 10.1. The van der Waals surface area contributed by atoms with Gasteiger partial charge in [-0.25, -0.2) is 4.79 Å². The summed E-state index contributed by atoms with van der Waals surface area (Å²) in [6.45, 7) is 1.78. The molecule has 2 N–H and O–H groups in total. The molecule has 0 saturated carbocycles. The van der Waals surface area contributed by atoms with Crippen molar-refractivity contribution in [3.8, 4) is 0 Å². The monoisotopic (exact) mass is 322 g/mol. The van der Waals surface area contributed by atoms with E-state index in [-0.39, 0.29) is 31.5 Å². The number of ether oxygens (including phenoxy) is 1. The minimum absolute atomic E-state index is 0.0267. The van der Waals surface area contributed by atoms with Crippen molar-refractivity contribution in [3.05, 3.63) is 35.9 Å². The van der Waals surface area contributed by atoms with Gasteiger partial charge in [-0.1, -0.05) is 30.3 Å². The van der Waals surface area contributed by atoms with Crippen molar-refractivity contribution in [3.63, 3.8) is 0 Å². The largest absolute Gasteiger partial charge is 0.480 e. The molecule has 0 radical (unpaired) electrons. The van der Waals surface area contributed by atoms with E-state index in [9.17, 15) is 14.4 Å². The standard InChI is InChI=1S/C16H22N2O5/c1-13(19)18(9-7-14-5-3-2-4-6-14)11-15(20)17-8-10-23-12-16(21)22/h2-6H,7-12H2,1H3,(H,17,20)(H,21,22). The molecule has 0 aliphatic heterocycles. The second-order valence-corrected chi connectivity index (χ2v) is 4.97. The van der Waals surface area contributed by atoms with Gasteiger partial charge in [-0.15, -0.1) is 0 Å². The van der Waals surface area contributed by atoms with Crippen LogP contribution in [0, 0.1) is 0 Å². The summed E-state index contributed by atoms with van der Waals surface area (Å²) in [7, 11) is 0. The summed E-state index contributed by atoms with van der Waals surface area (Å²) in [5, 5.41) is 11.0. The van der Waals surface area contributed by atoms with Crippen molar-refractivity contribution in [2.24, 2.45) is 0 Å². The highest BCUT2D eigenvalue weighted by Crippen LogP contribution is 2.01. The van der Waals surface area contributed by atoms with Gasteiger partial charge in [0.05, 0.1) is 13.2 Å². The maximum Gasteiger partial charge on any atom is 0.329 e. The fourth-order valence-corrected chi connectivity index (χ4v) is 1.91. The van der Waals surface area contributed by atoms with Gasteiger partial charge in [0.15, 0.2) is 0 Å². The average molecular weight is 322 g/mol. The van der Waals surface area contributed by atoms with E-state index in [1.54, 1.807) is 0 Å². The first-order valence-corrected chi connectivity index (χ1v) is 7.34. The number of carboxylic acid groups (broad SMARTS) is 1. The zero-order valence-corrected chi connectivity index (χ0v) is 13.2. The number of carboxylic acids is 1. The maximum absolute atomic E-state index is 11.8. The fourth-order valence-electron chi connectivity index (χ4n) is 1.91. The summed E-state index contributed by atoms with van der Waals surface area (Å²) in [6.07, 6.45) is 0.676. The summed E-state index contributed by atoms with van der Waals surface area (Å²) >= 11 is 0. The third-order valence-corrected chi connectivity index (χ3v) is 3.09. The van der Waals surface area contributed by atoms with Crippen LogP contribution in [-0.4, -0.2) is 60.6 Å². The van der Waals surface area contributed by atoms with Crippen LogP contribution < -0.4 is 5.32 Å². The lowest BCUT2D eigenvalue weighted by molar-refractivity contribution is -0.142. The van der Waals surface area contributed by atoms with Gasteiger partial charge in [0.2, 0.25) is 11.8 Å². The number of carbonyl (C=O) groups is 3. The molecule has 0 bridgehead atoms. The number of nitrogens with zero attached hydrogens (tertiary/aromatic N) is 1. The van der Waals surface area contributed by atoms with Crippen LogP contribution >= 0.6 is 0 Å². The Morgan fingerprint density at radius 3 is 2.52 bits per heavy atom. The van der Waals surface area contributed by atoms with E-state index in [0.29, 0.717) is 13.0 Å². The second kappa shape index (κ2) is 10.3. The number of amides is 2. The molecule has 0 spiro atoms. The summed E-state index contributed by atoms with van der Waals surface area (Å²) in [5.74, 6) is -1.52. The molecule has 0 aliphatic rings. The Hall–Kier alpha value is -2.41. The molecule has 0 fully saturated rings. The summed E-state index contributed by atoms with van der Waals surface area (Å²) in [4.78, 5) is 35.1. The molecule has 23 heavy (non-hydrogen) atoms. The first-order valence-electron chi connectivity index (χ1n) is 7.34. The van der Waals surface area contributed by atoms with Gasteiger partial charge < -0.3 is 20.1 Å². The molecule has 0 atom stereocenters. The van der Waals surface area contributed by atoms with E-state index in [2.05, 4.69) is 5.32 Å². The van der Waals surface area contributed by atoms with Crippen LogP contribution in [0.5, 0.6) is 0 Å². The van der Waals surface area contributed by atoms with Crippen LogP contribution in [0.2, 0.25) is 0 Å². The van der Waals surface area contributed by atoms with Crippen molar-refractivity contribution in [1.82, 2.24) is 10.2 Å². The number of hydrogen-bond acceptors (Lipinski definition) is 4. The van der Waals surface area contributed by atoms with Crippen LogP contribution in [0.25, 0.3) is 0 Å². The van der Waals surface area contributed by atoms with Crippen molar-refractivity contribution in [2.45, 2.75) is 13.3 Å². The van der Waals surface area contributed by atoms with Gasteiger partial charge in [0.25, 0.3) is 0 Å². The highest BCUT2D eigenvalue weighted by molar-refractivity contribution is 5.83. The number of nitrogens with one attached hydrogen (secondary N) is 1. The van der Waals surface area contributed by atoms with Crippen LogP contribution in [0.3, 0.4) is 0 Å². The molecule has 0 aromatic heterocycles. The Morgan fingerprint density at radius 1 is 1.22 bits per heavy atom. The van der Waals surface area contributed by atoms with Crippen LogP contribution in [0.4, 0.5) is 0 Å². The van der Waals surface area contributed by atoms with Crippen molar-refractivity contribution >= 4 is 17.8 Å². The first-order chi connectivity index (χ1) is 11.0. The minimum Gasteiger partial charge on any atom is -0.480 e. The van der Waals surface area contributed by atoms with Gasteiger partial charge in [0.1, 0.15) is 6.61 Å². The molecule has 2 amide bonds. The lowest BCUT2D eigenvalue weighted by Gasteiger charge is -2.20. The zero-order chi connectivity index (χ0) is 17.1. The minimum atomic E-state index is -1.06. The lowest BCUT2D eigenvalue weighted by Crippen LogP contribution is -2.41. The first kappa shape index (κ1) is 18.6. The van der Waals surface area contributed by atoms with E-state index in [1.807, 2.05) is 30.3 Å². The number of benzene rings is 1. The van der Waals surface area contributed by atoms with Gasteiger partial charge in [-0.3, -0.25) is 9.59 Å². The molecule has 1 aromatic rings. The number of carbonyl (C=O) groups excluding carboxylic acids is 2. The normalized spacial score (nSPS) is 10.1. The van der Waals surface area contributed by atoms with Crippen LogP contribution in [-0.2, 0) is 25.5 Å². The molecule has 1 aromatic carbocycles. The Kier molecular flexibility index (Phi) is 8.38. The molecule has 126 valence electrons. The van der Waals surface area contributed by atoms with E-state index in [0.717, 1.165) is 5.56 Å². The molecule has 0 saturated heterocycles. The van der Waals surface area contributed by atoms with Crippen molar-refractivity contribution < 1.29 is 24.2 Å². The molecule has 1 rings (SSSR count). The smallest absolute Gasteiger partial charge is 0.329 e. The Labute approximate surface area is 135 Å². The fraction of sp³-hybridized carbons (Fsp3) is 0.438. The Balaban J connectivity index is 2.30. The number of aliphatic carboxylic acids is 1. The SMILES string of the molecule is CC(=O)N(CCc1ccccc1)CC(=O)NCCOCC(=O)O. The van der Waals surface area contributed by atoms with E-state index >= 15 is 0 Å².